The molecule has 0 aliphatic heterocycles. The molecule has 0 saturated carbocycles. The molecular weight excluding hydrogens is 323 g/mol. The molecule has 0 N–H and O–H groups in total. The van der Waals surface area contributed by atoms with Crippen molar-refractivity contribution in [3.63, 3.8) is 0 Å². The van der Waals surface area contributed by atoms with Gasteiger partial charge in [-0.25, -0.2) is 0 Å². The number of benzene rings is 2. The number of carbonyl (C=O) groups is 1. The molecule has 0 aromatic heterocycles. The van der Waals surface area contributed by atoms with Crippen molar-refractivity contribution in [2.75, 3.05) is 0 Å². The summed E-state index contributed by atoms with van der Waals surface area (Å²) >= 11 is 0. The third-order valence-electron chi connectivity index (χ3n) is 4.33. The van der Waals surface area contributed by atoms with Crippen molar-refractivity contribution in [2.45, 2.75) is 51.4 Å². The molecule has 2 rings (SSSR count). The summed E-state index contributed by atoms with van der Waals surface area (Å²) in [5.41, 5.74) is 0.402. The first-order chi connectivity index (χ1) is 12.3. The lowest BCUT2D eigenvalue weighted by atomic mass is 10.1. The van der Waals surface area contributed by atoms with E-state index in [4.69, 9.17) is 0 Å². The molecule has 2 aromatic rings. The van der Waals surface area contributed by atoms with E-state index in [1.54, 1.807) is 0 Å². The first-order valence-corrected chi connectivity index (χ1v) is 10.7. The van der Waals surface area contributed by atoms with Crippen molar-refractivity contribution in [3.05, 3.63) is 73.3 Å². The Morgan fingerprint density at radius 2 is 1.24 bits per heavy atom. The van der Waals surface area contributed by atoms with Crippen LogP contribution in [0.15, 0.2) is 73.3 Å². The van der Waals surface area contributed by atoms with Gasteiger partial charge in [-0.15, -0.1) is 6.58 Å². The Hall–Kier alpha value is -1.72. The van der Waals surface area contributed by atoms with Gasteiger partial charge in [0.25, 0.3) is 0 Å². The summed E-state index contributed by atoms with van der Waals surface area (Å²) in [7, 11) is -0.895. The van der Waals surface area contributed by atoms with Crippen LogP contribution >= 0.6 is 7.92 Å². The zero-order chi connectivity index (χ0) is 17.7. The molecule has 0 aliphatic rings. The summed E-state index contributed by atoms with van der Waals surface area (Å²) in [4.78, 5) is 12.9. The fraction of sp³-hybridized carbons (Fsp3) is 0.348. The molecule has 2 aromatic carbocycles. The summed E-state index contributed by atoms with van der Waals surface area (Å²) in [5, 5.41) is 2.33. The van der Waals surface area contributed by atoms with Gasteiger partial charge < -0.3 is 0 Å². The van der Waals surface area contributed by atoms with E-state index < -0.39 is 7.92 Å². The average Bonchev–Trinajstić information content (AvgIpc) is 2.66. The van der Waals surface area contributed by atoms with Crippen LogP contribution in [0.3, 0.4) is 0 Å². The molecule has 0 aliphatic carbocycles. The minimum absolute atomic E-state index is 0.402. The lowest BCUT2D eigenvalue weighted by molar-refractivity contribution is -0.111. The van der Waals surface area contributed by atoms with Crippen LogP contribution in [0.5, 0.6) is 0 Å². The van der Waals surface area contributed by atoms with Crippen LogP contribution in [0.4, 0.5) is 0 Å². The second kappa shape index (κ2) is 11.8. The summed E-state index contributed by atoms with van der Waals surface area (Å²) < 4.78 is 0. The lowest BCUT2D eigenvalue weighted by Gasteiger charge is -2.17. The monoisotopic (exact) mass is 352 g/mol. The molecule has 2 heteroatoms. The minimum Gasteiger partial charge on any atom is -0.294 e. The molecule has 25 heavy (non-hydrogen) atoms. The van der Waals surface area contributed by atoms with Crippen molar-refractivity contribution >= 4 is 24.1 Å². The fourth-order valence-corrected chi connectivity index (χ4v) is 5.17. The predicted molar refractivity (Wildman–Crippen MR) is 111 cm³/mol. The Bertz CT molecular complexity index is 582. The number of hydrogen-bond acceptors (Lipinski definition) is 1. The third-order valence-corrected chi connectivity index (χ3v) is 6.68. The first kappa shape index (κ1) is 19.6. The normalized spacial score (nSPS) is 10.8. The highest BCUT2D eigenvalue weighted by molar-refractivity contribution is 7.87. The van der Waals surface area contributed by atoms with Crippen LogP contribution in [0, 0.1) is 0 Å². The van der Waals surface area contributed by atoms with E-state index in [9.17, 15) is 4.79 Å². The van der Waals surface area contributed by atoms with E-state index in [0.29, 0.717) is 11.9 Å². The minimum atomic E-state index is -0.895. The van der Waals surface area contributed by atoms with Crippen molar-refractivity contribution < 1.29 is 4.79 Å². The highest BCUT2D eigenvalue weighted by Gasteiger charge is 2.21. The molecule has 0 atom stereocenters. The first-order valence-electron chi connectivity index (χ1n) is 9.37. The Balaban J connectivity index is 1.86. The zero-order valence-corrected chi connectivity index (χ0v) is 16.0. The third kappa shape index (κ3) is 6.96. The van der Waals surface area contributed by atoms with Gasteiger partial charge in [0, 0.05) is 14.3 Å². The topological polar surface area (TPSA) is 17.1 Å². The highest BCUT2D eigenvalue weighted by atomic mass is 31.1. The van der Waals surface area contributed by atoms with Gasteiger partial charge >= 0.3 is 0 Å². The smallest absolute Gasteiger partial charge is 0.163 e. The number of hydrogen-bond donors (Lipinski definition) is 0. The van der Waals surface area contributed by atoms with E-state index in [2.05, 4.69) is 30.8 Å². The fourth-order valence-electron chi connectivity index (χ4n) is 2.97. The van der Waals surface area contributed by atoms with Gasteiger partial charge in [0.2, 0.25) is 0 Å². The maximum atomic E-state index is 12.9. The van der Waals surface area contributed by atoms with Crippen molar-refractivity contribution in [1.29, 1.82) is 0 Å². The predicted octanol–water partition coefficient (Wildman–Crippen LogP) is 5.95. The van der Waals surface area contributed by atoms with Crippen LogP contribution in [0.1, 0.15) is 51.4 Å². The number of unbranched alkanes of at least 4 members (excludes halogenated alkanes) is 6. The second-order valence-electron chi connectivity index (χ2n) is 6.35. The molecule has 0 heterocycles. The highest BCUT2D eigenvalue weighted by Crippen LogP contribution is 2.36. The number of allylic oxidation sites excluding steroid dienone is 1. The summed E-state index contributed by atoms with van der Waals surface area (Å²) in [6.07, 6.45) is 11.0. The molecule has 132 valence electrons. The van der Waals surface area contributed by atoms with Gasteiger partial charge in [-0.05, 0) is 29.9 Å². The molecular formula is C23H29OP. The van der Waals surface area contributed by atoms with Gasteiger partial charge in [0.15, 0.2) is 5.52 Å². The van der Waals surface area contributed by atoms with Crippen LogP contribution in [-0.2, 0) is 4.79 Å². The quantitative estimate of drug-likeness (QED) is 0.262. The van der Waals surface area contributed by atoms with Gasteiger partial charge in [0.1, 0.15) is 0 Å². The van der Waals surface area contributed by atoms with E-state index in [1.807, 2.05) is 42.5 Å². The molecule has 1 nitrogen and oxygen atoms in total. The summed E-state index contributed by atoms with van der Waals surface area (Å²) in [6.45, 7) is 3.76. The van der Waals surface area contributed by atoms with E-state index in [0.717, 1.165) is 29.9 Å². The maximum Gasteiger partial charge on any atom is 0.163 e. The van der Waals surface area contributed by atoms with Gasteiger partial charge in [0.05, 0.1) is 0 Å². The van der Waals surface area contributed by atoms with E-state index in [1.165, 1.54) is 25.7 Å². The van der Waals surface area contributed by atoms with Crippen LogP contribution in [-0.4, -0.2) is 5.52 Å². The van der Waals surface area contributed by atoms with Gasteiger partial charge in [-0.3, -0.25) is 4.79 Å². The average molecular weight is 352 g/mol. The van der Waals surface area contributed by atoms with Crippen molar-refractivity contribution in [1.82, 2.24) is 0 Å². The molecule has 0 amide bonds. The van der Waals surface area contributed by atoms with E-state index >= 15 is 0 Å². The van der Waals surface area contributed by atoms with Crippen LogP contribution < -0.4 is 10.6 Å². The number of carbonyl (C=O) groups excluding carboxylic acids is 1. The summed E-state index contributed by atoms with van der Waals surface area (Å²) in [6, 6.07) is 20.5. The Morgan fingerprint density at radius 3 is 1.76 bits per heavy atom. The largest absolute Gasteiger partial charge is 0.294 e. The number of rotatable bonds is 12. The Morgan fingerprint density at radius 1 is 0.760 bits per heavy atom. The zero-order valence-electron chi connectivity index (χ0n) is 15.1. The Kier molecular flexibility index (Phi) is 9.23. The standard InChI is InChI=1S/C23H29OP/c1-2-3-4-5-6-7-8-15-20-23(24)25(21-16-11-9-12-17-21)22-18-13-10-14-19-22/h2,9-14,16-19H,1,3-8,15,20H2. The van der Waals surface area contributed by atoms with Crippen LogP contribution in [0.2, 0.25) is 0 Å². The maximum absolute atomic E-state index is 12.9. The van der Waals surface area contributed by atoms with Crippen molar-refractivity contribution in [2.24, 2.45) is 0 Å². The van der Waals surface area contributed by atoms with Crippen molar-refractivity contribution in [3.8, 4) is 0 Å². The molecule has 0 unspecified atom stereocenters. The van der Waals surface area contributed by atoms with Gasteiger partial charge in [-0.2, -0.15) is 0 Å². The second-order valence-corrected chi connectivity index (χ2v) is 8.55. The van der Waals surface area contributed by atoms with Gasteiger partial charge in [-0.1, -0.05) is 92.4 Å². The molecule has 0 spiro atoms. The molecule has 0 fully saturated rings. The molecule has 0 radical (unpaired) electrons. The molecule has 0 saturated heterocycles. The summed E-state index contributed by atoms with van der Waals surface area (Å²) in [5.74, 6) is 0. The lowest BCUT2D eigenvalue weighted by Crippen LogP contribution is -2.17. The Labute approximate surface area is 153 Å². The molecule has 0 bridgehead atoms. The van der Waals surface area contributed by atoms with E-state index in [-0.39, 0.29) is 0 Å². The van der Waals surface area contributed by atoms with Crippen LogP contribution in [0.25, 0.3) is 0 Å². The SMILES string of the molecule is C=CCCCCCCCCC(=O)P(c1ccccc1)c1ccccc1.